The van der Waals surface area contributed by atoms with Gasteiger partial charge in [0.1, 0.15) is 11.5 Å². The van der Waals surface area contributed by atoms with Crippen LogP contribution in [-0.2, 0) is 6.42 Å². The van der Waals surface area contributed by atoms with Crippen molar-refractivity contribution in [1.29, 1.82) is 0 Å². The highest BCUT2D eigenvalue weighted by atomic mass is 16.2. The van der Waals surface area contributed by atoms with Gasteiger partial charge in [0.05, 0.1) is 6.04 Å². The molecule has 2 aromatic heterocycles. The van der Waals surface area contributed by atoms with E-state index >= 15 is 0 Å². The number of nitrogens with one attached hydrogen (secondary N) is 3. The number of H-pyrrole nitrogens is 2. The van der Waals surface area contributed by atoms with Crippen molar-refractivity contribution in [1.82, 2.24) is 25.5 Å². The van der Waals surface area contributed by atoms with Gasteiger partial charge in [0.15, 0.2) is 0 Å². The van der Waals surface area contributed by atoms with Crippen molar-refractivity contribution >= 4 is 22.8 Å². The van der Waals surface area contributed by atoms with Crippen molar-refractivity contribution < 1.29 is 4.79 Å². The first-order chi connectivity index (χ1) is 10.6. The molecule has 0 aliphatic heterocycles. The van der Waals surface area contributed by atoms with Crippen molar-refractivity contribution in [3.8, 4) is 0 Å². The molecule has 0 saturated heterocycles. The Morgan fingerprint density at radius 1 is 1.41 bits per heavy atom. The molecule has 7 heteroatoms. The van der Waals surface area contributed by atoms with Gasteiger partial charge in [-0.15, -0.1) is 5.10 Å². The quantitative estimate of drug-likeness (QED) is 0.589. The molecular weight excluding hydrogens is 280 g/mol. The first kappa shape index (κ1) is 14.1. The lowest BCUT2D eigenvalue weighted by atomic mass is 10.1. The molecule has 0 aliphatic rings. The molecule has 3 rings (SSSR count). The van der Waals surface area contributed by atoms with Crippen LogP contribution in [0.2, 0.25) is 0 Å². The number of nitrogens with two attached hydrogens (primary N) is 1. The molecule has 1 amide bonds. The monoisotopic (exact) mass is 298 g/mol. The number of aromatic nitrogens is 4. The van der Waals surface area contributed by atoms with E-state index in [0.717, 1.165) is 22.9 Å². The minimum Gasteiger partial charge on any atom is -0.367 e. The van der Waals surface area contributed by atoms with Crippen molar-refractivity contribution in [3.63, 3.8) is 0 Å². The first-order valence-corrected chi connectivity index (χ1v) is 7.18. The lowest BCUT2D eigenvalue weighted by molar-refractivity contribution is 0.0933. The second-order valence-corrected chi connectivity index (χ2v) is 5.15. The number of aryl methyl sites for hydroxylation is 1. The van der Waals surface area contributed by atoms with Gasteiger partial charge in [-0.3, -0.25) is 9.89 Å². The summed E-state index contributed by atoms with van der Waals surface area (Å²) in [5.74, 6) is 0.520. The van der Waals surface area contributed by atoms with E-state index in [1.165, 1.54) is 0 Å². The maximum atomic E-state index is 12.5. The molecule has 1 atom stereocenters. The van der Waals surface area contributed by atoms with Crippen LogP contribution in [0.4, 0.5) is 5.95 Å². The van der Waals surface area contributed by atoms with Gasteiger partial charge in [-0.05, 0) is 25.0 Å². The fourth-order valence-electron chi connectivity index (χ4n) is 2.58. The van der Waals surface area contributed by atoms with Gasteiger partial charge in [0.25, 0.3) is 5.91 Å². The summed E-state index contributed by atoms with van der Waals surface area (Å²) in [7, 11) is 0. The van der Waals surface area contributed by atoms with Crippen molar-refractivity contribution in [2.24, 2.45) is 0 Å². The fraction of sp³-hybridized carbons (Fsp3) is 0.267. The molecule has 0 saturated carbocycles. The van der Waals surface area contributed by atoms with Gasteiger partial charge < -0.3 is 16.0 Å². The lowest BCUT2D eigenvalue weighted by Crippen LogP contribution is -2.28. The minimum absolute atomic E-state index is 0.163. The highest BCUT2D eigenvalue weighted by Crippen LogP contribution is 2.23. The zero-order valence-corrected chi connectivity index (χ0v) is 12.5. The summed E-state index contributed by atoms with van der Waals surface area (Å²) in [6.45, 7) is 3.86. The first-order valence-electron chi connectivity index (χ1n) is 7.18. The summed E-state index contributed by atoms with van der Waals surface area (Å²) in [6, 6.07) is 7.58. The molecule has 0 radical (unpaired) electrons. The topological polar surface area (TPSA) is 112 Å². The number of para-hydroxylation sites is 1. The Bertz CT molecular complexity index is 818. The third kappa shape index (κ3) is 2.41. The Morgan fingerprint density at radius 3 is 2.86 bits per heavy atom. The van der Waals surface area contributed by atoms with Gasteiger partial charge in [-0.2, -0.15) is 4.98 Å². The molecule has 2 heterocycles. The van der Waals surface area contributed by atoms with Crippen molar-refractivity contribution in [3.05, 3.63) is 41.3 Å². The van der Waals surface area contributed by atoms with Gasteiger partial charge in [0, 0.05) is 10.9 Å². The Kier molecular flexibility index (Phi) is 3.54. The zero-order chi connectivity index (χ0) is 15.7. The molecule has 0 bridgehead atoms. The molecule has 114 valence electrons. The predicted octanol–water partition coefficient (Wildman–Crippen LogP) is 1.92. The average molecular weight is 298 g/mol. The third-order valence-electron chi connectivity index (χ3n) is 3.67. The largest absolute Gasteiger partial charge is 0.367 e. The van der Waals surface area contributed by atoms with Crippen LogP contribution in [0.25, 0.3) is 10.9 Å². The number of benzene rings is 1. The standard InChI is InChI=1S/C15H18N6O/c1-3-9-10-6-4-5-7-11(10)18-12(9)14(22)17-8(2)13-19-15(16)21-20-13/h4-8,18H,3H2,1-2H3,(H,17,22)(H3,16,19,20,21)/t8-/m0/s1. The Balaban J connectivity index is 1.89. The number of carbonyl (C=O) groups is 1. The molecule has 0 spiro atoms. The van der Waals surface area contributed by atoms with E-state index in [1.54, 1.807) is 0 Å². The Hall–Kier alpha value is -2.83. The van der Waals surface area contributed by atoms with Crippen LogP contribution < -0.4 is 11.1 Å². The number of rotatable bonds is 4. The summed E-state index contributed by atoms with van der Waals surface area (Å²) in [4.78, 5) is 19.8. The van der Waals surface area contributed by atoms with Gasteiger partial charge >= 0.3 is 0 Å². The summed E-state index contributed by atoms with van der Waals surface area (Å²) < 4.78 is 0. The highest BCUT2D eigenvalue weighted by Gasteiger charge is 2.19. The molecule has 7 nitrogen and oxygen atoms in total. The van der Waals surface area contributed by atoms with Crippen LogP contribution in [0.3, 0.4) is 0 Å². The summed E-state index contributed by atoms with van der Waals surface area (Å²) in [6.07, 6.45) is 0.774. The number of nitrogen functional groups attached to an aromatic ring is 1. The van der Waals surface area contributed by atoms with E-state index in [2.05, 4.69) is 25.5 Å². The molecule has 1 aromatic carbocycles. The van der Waals surface area contributed by atoms with Crippen molar-refractivity contribution in [2.75, 3.05) is 5.73 Å². The van der Waals surface area contributed by atoms with E-state index in [0.29, 0.717) is 11.5 Å². The number of anilines is 1. The smallest absolute Gasteiger partial charge is 0.268 e. The van der Waals surface area contributed by atoms with E-state index < -0.39 is 0 Å². The number of hydrogen-bond donors (Lipinski definition) is 4. The van der Waals surface area contributed by atoms with Crippen LogP contribution in [0.5, 0.6) is 0 Å². The number of fused-ring (bicyclic) bond motifs is 1. The Morgan fingerprint density at radius 2 is 2.18 bits per heavy atom. The average Bonchev–Trinajstić information content (AvgIpc) is 3.10. The molecule has 0 unspecified atom stereocenters. The third-order valence-corrected chi connectivity index (χ3v) is 3.67. The Labute approximate surface area is 127 Å². The van der Waals surface area contributed by atoms with Crippen molar-refractivity contribution in [2.45, 2.75) is 26.3 Å². The minimum atomic E-state index is -0.312. The summed E-state index contributed by atoms with van der Waals surface area (Å²) in [5, 5.41) is 10.5. The van der Waals surface area contributed by atoms with Crippen LogP contribution >= 0.6 is 0 Å². The van der Waals surface area contributed by atoms with E-state index in [4.69, 9.17) is 5.73 Å². The number of hydrogen-bond acceptors (Lipinski definition) is 4. The van der Waals surface area contributed by atoms with E-state index in [-0.39, 0.29) is 17.9 Å². The SMILES string of the molecule is CCc1c(C(=O)N[C@@H](C)c2nc(N)n[nH]2)[nH]c2ccccc12. The molecule has 5 N–H and O–H groups in total. The zero-order valence-electron chi connectivity index (χ0n) is 12.5. The maximum Gasteiger partial charge on any atom is 0.268 e. The number of aromatic amines is 2. The number of carbonyl (C=O) groups excluding carboxylic acids is 1. The van der Waals surface area contributed by atoms with Crippen LogP contribution in [-0.4, -0.2) is 26.1 Å². The normalized spacial score (nSPS) is 12.5. The lowest BCUT2D eigenvalue weighted by Gasteiger charge is -2.11. The summed E-state index contributed by atoms with van der Waals surface area (Å²) in [5.41, 5.74) is 8.04. The predicted molar refractivity (Wildman–Crippen MR) is 84.4 cm³/mol. The van der Waals surface area contributed by atoms with E-state index in [1.807, 2.05) is 38.1 Å². The maximum absolute atomic E-state index is 12.5. The summed E-state index contributed by atoms with van der Waals surface area (Å²) >= 11 is 0. The van der Waals surface area contributed by atoms with Gasteiger partial charge in [0.2, 0.25) is 5.95 Å². The van der Waals surface area contributed by atoms with Crippen LogP contribution in [0.1, 0.15) is 41.8 Å². The molecular formula is C15H18N6O. The second kappa shape index (κ2) is 5.51. The number of amides is 1. The second-order valence-electron chi connectivity index (χ2n) is 5.15. The van der Waals surface area contributed by atoms with Gasteiger partial charge in [-0.1, -0.05) is 25.1 Å². The molecule has 22 heavy (non-hydrogen) atoms. The molecule has 3 aromatic rings. The fourth-order valence-corrected chi connectivity index (χ4v) is 2.58. The molecule has 0 fully saturated rings. The van der Waals surface area contributed by atoms with Gasteiger partial charge in [-0.25, -0.2) is 0 Å². The van der Waals surface area contributed by atoms with Crippen LogP contribution in [0.15, 0.2) is 24.3 Å². The number of nitrogens with zero attached hydrogens (tertiary/aromatic N) is 2. The van der Waals surface area contributed by atoms with E-state index in [9.17, 15) is 4.79 Å². The highest BCUT2D eigenvalue weighted by molar-refractivity contribution is 6.01. The molecule has 0 aliphatic carbocycles. The van der Waals surface area contributed by atoms with Crippen LogP contribution in [0, 0.1) is 0 Å².